The van der Waals surface area contributed by atoms with Crippen molar-refractivity contribution in [2.24, 2.45) is 11.8 Å². The fraction of sp³-hybridized carbons (Fsp3) is 0.579. The first-order chi connectivity index (χ1) is 12.7. The van der Waals surface area contributed by atoms with Gasteiger partial charge in [-0.3, -0.25) is 9.59 Å². The fourth-order valence-electron chi connectivity index (χ4n) is 3.85. The van der Waals surface area contributed by atoms with E-state index in [1.165, 1.54) is 0 Å². The Bertz CT molecular complexity index is 687. The number of hydrogen-bond acceptors (Lipinski definition) is 5. The zero-order valence-corrected chi connectivity index (χ0v) is 14.8. The summed E-state index contributed by atoms with van der Waals surface area (Å²) in [5.74, 6) is 0.917. The Morgan fingerprint density at radius 1 is 1.23 bits per heavy atom. The molecule has 2 atom stereocenters. The van der Waals surface area contributed by atoms with Crippen LogP contribution in [0.1, 0.15) is 19.3 Å². The summed E-state index contributed by atoms with van der Waals surface area (Å²) in [6.45, 7) is 4.21. The molecule has 2 saturated heterocycles. The van der Waals surface area contributed by atoms with Gasteiger partial charge in [-0.1, -0.05) is 0 Å². The third kappa shape index (κ3) is 3.49. The van der Waals surface area contributed by atoms with Crippen LogP contribution in [-0.4, -0.2) is 51.2 Å². The van der Waals surface area contributed by atoms with Crippen molar-refractivity contribution in [2.45, 2.75) is 19.3 Å². The highest BCUT2D eigenvalue weighted by Gasteiger charge is 2.38. The number of carbonyl (C=O) groups excluding carboxylic acids is 2. The van der Waals surface area contributed by atoms with Crippen LogP contribution < -0.4 is 25.0 Å². The van der Waals surface area contributed by atoms with Crippen LogP contribution in [0.2, 0.25) is 0 Å². The molecule has 0 saturated carbocycles. The van der Waals surface area contributed by atoms with Crippen molar-refractivity contribution in [1.29, 1.82) is 0 Å². The van der Waals surface area contributed by atoms with E-state index in [0.717, 1.165) is 31.6 Å². The second-order valence-corrected chi connectivity index (χ2v) is 7.12. The molecule has 7 heteroatoms. The highest BCUT2D eigenvalue weighted by Crippen LogP contribution is 2.36. The molecule has 26 heavy (non-hydrogen) atoms. The lowest BCUT2D eigenvalue weighted by Gasteiger charge is -2.24. The number of amides is 2. The van der Waals surface area contributed by atoms with Gasteiger partial charge < -0.3 is 25.0 Å². The quantitative estimate of drug-likeness (QED) is 0.782. The van der Waals surface area contributed by atoms with E-state index >= 15 is 0 Å². The van der Waals surface area contributed by atoms with Gasteiger partial charge in [-0.2, -0.15) is 0 Å². The van der Waals surface area contributed by atoms with Gasteiger partial charge in [0, 0.05) is 24.8 Å². The van der Waals surface area contributed by atoms with E-state index in [1.807, 2.05) is 18.2 Å². The first kappa shape index (κ1) is 17.1. The summed E-state index contributed by atoms with van der Waals surface area (Å²) < 4.78 is 11.1. The molecule has 3 aliphatic heterocycles. The summed E-state index contributed by atoms with van der Waals surface area (Å²) in [7, 11) is 0. The molecule has 0 aromatic heterocycles. The summed E-state index contributed by atoms with van der Waals surface area (Å²) in [6.07, 6.45) is 2.80. The fourth-order valence-corrected chi connectivity index (χ4v) is 3.85. The van der Waals surface area contributed by atoms with Gasteiger partial charge in [0.15, 0.2) is 11.5 Å². The summed E-state index contributed by atoms with van der Waals surface area (Å²) in [5.41, 5.74) is 0.756. The predicted octanol–water partition coefficient (Wildman–Crippen LogP) is 0.926. The molecule has 2 N–H and O–H groups in total. The van der Waals surface area contributed by atoms with Crippen molar-refractivity contribution < 1.29 is 19.1 Å². The molecule has 0 bridgehead atoms. The third-order valence-electron chi connectivity index (χ3n) is 5.32. The molecule has 140 valence electrons. The molecule has 2 amide bonds. The number of hydrogen-bond donors (Lipinski definition) is 2. The Morgan fingerprint density at radius 2 is 2.08 bits per heavy atom. The highest BCUT2D eigenvalue weighted by molar-refractivity contribution is 6.09. The molecule has 0 aliphatic carbocycles. The monoisotopic (exact) mass is 359 g/mol. The Labute approximate surface area is 153 Å². The largest absolute Gasteiger partial charge is 0.486 e. The van der Waals surface area contributed by atoms with Crippen molar-refractivity contribution in [3.8, 4) is 11.5 Å². The topological polar surface area (TPSA) is 79.9 Å². The molecule has 4 rings (SSSR count). The number of fused-ring (bicyclic) bond motifs is 1. The van der Waals surface area contributed by atoms with E-state index in [-0.39, 0.29) is 11.8 Å². The molecule has 3 aliphatic rings. The minimum Gasteiger partial charge on any atom is -0.486 e. The first-order valence-corrected chi connectivity index (χ1v) is 9.42. The molecule has 2 fully saturated rings. The van der Waals surface area contributed by atoms with Crippen LogP contribution in [0.3, 0.4) is 0 Å². The zero-order chi connectivity index (χ0) is 17.9. The van der Waals surface area contributed by atoms with Crippen molar-refractivity contribution in [2.75, 3.05) is 44.3 Å². The minimum absolute atomic E-state index is 0.138. The average molecular weight is 359 g/mol. The van der Waals surface area contributed by atoms with Crippen LogP contribution in [-0.2, 0) is 9.59 Å². The van der Waals surface area contributed by atoms with Crippen molar-refractivity contribution in [3.63, 3.8) is 0 Å². The van der Waals surface area contributed by atoms with Crippen molar-refractivity contribution >= 4 is 17.5 Å². The SMILES string of the molecule is O=C(NCC1CCCNC1)C1CCN(c2ccc3c(c2)OCCO3)C1=O. The Hall–Kier alpha value is -2.28. The number of nitrogens with zero attached hydrogens (tertiary/aromatic N) is 1. The number of nitrogens with one attached hydrogen (secondary N) is 2. The standard InChI is InChI=1S/C19H25N3O4/c23-18(21-12-13-2-1-6-20-11-13)15-5-7-22(19(15)24)14-3-4-16-17(10-14)26-9-8-25-16/h3-4,10,13,15,20H,1-2,5-9,11-12H2,(H,21,23). The second-order valence-electron chi connectivity index (χ2n) is 7.12. The van der Waals surface area contributed by atoms with E-state index in [9.17, 15) is 9.59 Å². The highest BCUT2D eigenvalue weighted by atomic mass is 16.6. The minimum atomic E-state index is -0.597. The summed E-state index contributed by atoms with van der Waals surface area (Å²) in [4.78, 5) is 26.9. The molecule has 1 aromatic rings. The number of benzene rings is 1. The normalized spacial score (nSPS) is 25.2. The van der Waals surface area contributed by atoms with E-state index in [4.69, 9.17) is 9.47 Å². The number of carbonyl (C=O) groups is 2. The molecular formula is C19H25N3O4. The Morgan fingerprint density at radius 3 is 2.88 bits per heavy atom. The maximum atomic E-state index is 12.7. The molecule has 1 aromatic carbocycles. The predicted molar refractivity (Wildman–Crippen MR) is 96.5 cm³/mol. The van der Waals surface area contributed by atoms with Gasteiger partial charge in [0.1, 0.15) is 19.1 Å². The lowest BCUT2D eigenvalue weighted by Crippen LogP contribution is -2.42. The number of rotatable bonds is 4. The van der Waals surface area contributed by atoms with Gasteiger partial charge in [0.2, 0.25) is 11.8 Å². The lowest BCUT2D eigenvalue weighted by atomic mass is 9.99. The van der Waals surface area contributed by atoms with Gasteiger partial charge in [-0.05, 0) is 50.4 Å². The number of anilines is 1. The average Bonchev–Trinajstić information content (AvgIpc) is 3.08. The van der Waals surface area contributed by atoms with Gasteiger partial charge in [0.05, 0.1) is 0 Å². The van der Waals surface area contributed by atoms with Gasteiger partial charge in [-0.15, -0.1) is 0 Å². The van der Waals surface area contributed by atoms with Crippen LogP contribution in [0.4, 0.5) is 5.69 Å². The smallest absolute Gasteiger partial charge is 0.239 e. The maximum Gasteiger partial charge on any atom is 0.239 e. The van der Waals surface area contributed by atoms with Gasteiger partial charge in [-0.25, -0.2) is 0 Å². The Balaban J connectivity index is 1.37. The van der Waals surface area contributed by atoms with Crippen LogP contribution in [0.25, 0.3) is 0 Å². The van der Waals surface area contributed by atoms with E-state index in [2.05, 4.69) is 10.6 Å². The first-order valence-electron chi connectivity index (χ1n) is 9.42. The van der Waals surface area contributed by atoms with Crippen LogP contribution in [0.15, 0.2) is 18.2 Å². The summed E-state index contributed by atoms with van der Waals surface area (Å²) in [5, 5.41) is 6.32. The molecule has 2 unspecified atom stereocenters. The number of ether oxygens (including phenoxy) is 2. The lowest BCUT2D eigenvalue weighted by molar-refractivity contribution is -0.132. The van der Waals surface area contributed by atoms with E-state index in [1.54, 1.807) is 4.90 Å². The Kier molecular flexibility index (Phi) is 4.97. The van der Waals surface area contributed by atoms with Gasteiger partial charge >= 0.3 is 0 Å². The van der Waals surface area contributed by atoms with Crippen molar-refractivity contribution in [1.82, 2.24) is 10.6 Å². The van der Waals surface area contributed by atoms with Crippen LogP contribution in [0, 0.1) is 11.8 Å². The second kappa shape index (κ2) is 7.53. The zero-order valence-electron chi connectivity index (χ0n) is 14.8. The molecule has 0 spiro atoms. The van der Waals surface area contributed by atoms with E-state index < -0.39 is 5.92 Å². The van der Waals surface area contributed by atoms with E-state index in [0.29, 0.717) is 50.1 Å². The third-order valence-corrected chi connectivity index (χ3v) is 5.32. The van der Waals surface area contributed by atoms with Crippen LogP contribution in [0.5, 0.6) is 11.5 Å². The maximum absolute atomic E-state index is 12.7. The number of piperidine rings is 1. The van der Waals surface area contributed by atoms with Crippen LogP contribution >= 0.6 is 0 Å². The summed E-state index contributed by atoms with van der Waals surface area (Å²) >= 11 is 0. The molecule has 0 radical (unpaired) electrons. The molecule has 7 nitrogen and oxygen atoms in total. The van der Waals surface area contributed by atoms with Crippen molar-refractivity contribution in [3.05, 3.63) is 18.2 Å². The molecular weight excluding hydrogens is 334 g/mol. The molecule has 3 heterocycles. The summed E-state index contributed by atoms with van der Waals surface area (Å²) in [6, 6.07) is 5.49. The van der Waals surface area contributed by atoms with Gasteiger partial charge in [0.25, 0.3) is 0 Å².